The normalized spacial score (nSPS) is 12.2. The maximum Gasteiger partial charge on any atom is 0.130 e. The van der Waals surface area contributed by atoms with Crippen LogP contribution in [0, 0.1) is 5.82 Å². The molecule has 1 atom stereocenters. The number of hydrogen-bond acceptors (Lipinski definition) is 3. The van der Waals surface area contributed by atoms with E-state index in [1.165, 1.54) is 11.6 Å². The van der Waals surface area contributed by atoms with Gasteiger partial charge in [-0.3, -0.25) is 10.00 Å². The van der Waals surface area contributed by atoms with Crippen molar-refractivity contribution < 1.29 is 4.39 Å². The van der Waals surface area contributed by atoms with E-state index in [-0.39, 0.29) is 11.9 Å². The zero-order valence-electron chi connectivity index (χ0n) is 15.7. The number of benzene rings is 2. The molecule has 2 aromatic carbocycles. The molecule has 0 saturated heterocycles. The minimum Gasteiger partial charge on any atom is -0.336 e. The molecule has 4 rings (SSSR count). The molecule has 0 saturated carbocycles. The predicted molar refractivity (Wildman–Crippen MR) is 106 cm³/mol. The van der Waals surface area contributed by atoms with Crippen molar-refractivity contribution in [2.75, 3.05) is 0 Å². The lowest BCUT2D eigenvalue weighted by Crippen LogP contribution is -2.25. The Hall–Kier alpha value is -3.25. The highest BCUT2D eigenvalue weighted by molar-refractivity contribution is 5.27. The van der Waals surface area contributed by atoms with Gasteiger partial charge in [0, 0.05) is 43.3 Å². The summed E-state index contributed by atoms with van der Waals surface area (Å²) in [5.41, 5.74) is 2.81. The van der Waals surface area contributed by atoms with Crippen LogP contribution in [0.3, 0.4) is 0 Å². The molecule has 4 aromatic rings. The number of nitrogens with one attached hydrogen (secondary N) is 1. The molecule has 6 heteroatoms. The first kappa shape index (κ1) is 18.1. The number of aryl methyl sites for hydroxylation is 1. The third kappa shape index (κ3) is 4.02. The van der Waals surface area contributed by atoms with Gasteiger partial charge in [-0.1, -0.05) is 48.5 Å². The molecular weight excluding hydrogens is 353 g/mol. The van der Waals surface area contributed by atoms with Crippen LogP contribution in [0.4, 0.5) is 4.39 Å². The minimum atomic E-state index is -0.348. The van der Waals surface area contributed by atoms with Crippen molar-refractivity contribution in [3.8, 4) is 0 Å². The van der Waals surface area contributed by atoms with Crippen LogP contribution < -0.4 is 5.32 Å². The lowest BCUT2D eigenvalue weighted by molar-refractivity contribution is 0.520. The minimum absolute atomic E-state index is 0.247. The number of nitrogens with zero attached hydrogens (tertiary/aromatic N) is 4. The van der Waals surface area contributed by atoms with E-state index in [2.05, 4.69) is 27.5 Å². The highest BCUT2D eigenvalue weighted by Crippen LogP contribution is 2.23. The van der Waals surface area contributed by atoms with Crippen molar-refractivity contribution in [1.82, 2.24) is 24.6 Å². The van der Waals surface area contributed by atoms with Crippen LogP contribution in [0.1, 0.15) is 28.6 Å². The molecule has 0 fully saturated rings. The van der Waals surface area contributed by atoms with Crippen molar-refractivity contribution in [3.05, 3.63) is 108 Å². The van der Waals surface area contributed by atoms with Gasteiger partial charge in [0.05, 0.1) is 18.8 Å². The first-order valence-electron chi connectivity index (χ1n) is 9.21. The fraction of sp³-hybridized carbons (Fsp3) is 0.182. The van der Waals surface area contributed by atoms with Gasteiger partial charge in [0.25, 0.3) is 0 Å². The fourth-order valence-electron chi connectivity index (χ4n) is 3.28. The number of rotatable bonds is 7. The Morgan fingerprint density at radius 2 is 1.82 bits per heavy atom. The summed E-state index contributed by atoms with van der Waals surface area (Å²) in [5.74, 6) is 0.518. The van der Waals surface area contributed by atoms with Gasteiger partial charge in [0.1, 0.15) is 11.6 Å². The molecule has 2 heterocycles. The lowest BCUT2D eigenvalue weighted by Gasteiger charge is -2.19. The lowest BCUT2D eigenvalue weighted by atomic mass is 10.1. The van der Waals surface area contributed by atoms with Gasteiger partial charge in [-0.2, -0.15) is 5.10 Å². The second-order valence-electron chi connectivity index (χ2n) is 6.76. The van der Waals surface area contributed by atoms with Gasteiger partial charge in [-0.05, 0) is 11.6 Å². The molecule has 142 valence electrons. The van der Waals surface area contributed by atoms with E-state index in [4.69, 9.17) is 0 Å². The molecule has 0 amide bonds. The molecular formula is C22H22FN5. The zero-order chi connectivity index (χ0) is 19.3. The number of aromatic nitrogens is 4. The van der Waals surface area contributed by atoms with Crippen molar-refractivity contribution in [2.45, 2.75) is 19.1 Å². The van der Waals surface area contributed by atoms with Gasteiger partial charge in [-0.15, -0.1) is 0 Å². The highest BCUT2D eigenvalue weighted by atomic mass is 19.1. The summed E-state index contributed by atoms with van der Waals surface area (Å²) in [6.45, 7) is 1.28. The van der Waals surface area contributed by atoms with Crippen molar-refractivity contribution in [1.29, 1.82) is 0 Å². The monoisotopic (exact) mass is 375 g/mol. The predicted octanol–water partition coefficient (Wildman–Crippen LogP) is 3.68. The first-order valence-corrected chi connectivity index (χ1v) is 9.21. The van der Waals surface area contributed by atoms with Gasteiger partial charge in [-0.25, -0.2) is 9.37 Å². The summed E-state index contributed by atoms with van der Waals surface area (Å²) in [5, 5.41) is 7.88. The van der Waals surface area contributed by atoms with Gasteiger partial charge in [0.2, 0.25) is 0 Å². The summed E-state index contributed by atoms with van der Waals surface area (Å²) in [6.07, 6.45) is 7.44. The molecule has 0 aliphatic heterocycles. The molecule has 0 unspecified atom stereocenters. The molecule has 5 nitrogen and oxygen atoms in total. The van der Waals surface area contributed by atoms with E-state index in [1.807, 2.05) is 59.2 Å². The molecule has 1 N–H and O–H groups in total. The van der Waals surface area contributed by atoms with Gasteiger partial charge in [0.15, 0.2) is 0 Å². The van der Waals surface area contributed by atoms with Crippen LogP contribution in [0.25, 0.3) is 0 Å². The van der Waals surface area contributed by atoms with Crippen molar-refractivity contribution in [3.63, 3.8) is 0 Å². The van der Waals surface area contributed by atoms with Crippen molar-refractivity contribution in [2.24, 2.45) is 7.05 Å². The highest BCUT2D eigenvalue weighted by Gasteiger charge is 2.21. The van der Waals surface area contributed by atoms with E-state index < -0.39 is 0 Å². The van der Waals surface area contributed by atoms with Crippen LogP contribution in [0.2, 0.25) is 0 Å². The second kappa shape index (κ2) is 8.19. The average Bonchev–Trinajstić information content (AvgIpc) is 3.33. The quantitative estimate of drug-likeness (QED) is 0.536. The SMILES string of the molecule is Cn1ccnc1[C@H](NCc1cnn(Cc2ccccc2)c1)c1ccccc1F. The Morgan fingerprint density at radius 3 is 2.57 bits per heavy atom. The van der Waals surface area contributed by atoms with Crippen LogP contribution >= 0.6 is 0 Å². The summed E-state index contributed by atoms with van der Waals surface area (Å²) in [7, 11) is 1.91. The van der Waals surface area contributed by atoms with Gasteiger partial charge >= 0.3 is 0 Å². The van der Waals surface area contributed by atoms with Crippen LogP contribution in [-0.2, 0) is 20.1 Å². The Bertz CT molecular complexity index is 1040. The van der Waals surface area contributed by atoms with E-state index in [0.717, 1.165) is 17.9 Å². The van der Waals surface area contributed by atoms with Crippen LogP contribution in [0.15, 0.2) is 79.4 Å². The largest absolute Gasteiger partial charge is 0.336 e. The van der Waals surface area contributed by atoms with Crippen LogP contribution in [-0.4, -0.2) is 19.3 Å². The smallest absolute Gasteiger partial charge is 0.130 e. The van der Waals surface area contributed by atoms with Gasteiger partial charge < -0.3 is 4.57 Å². The van der Waals surface area contributed by atoms with E-state index in [1.54, 1.807) is 18.3 Å². The summed E-state index contributed by atoms with van der Waals surface area (Å²) in [4.78, 5) is 4.42. The fourth-order valence-corrected chi connectivity index (χ4v) is 3.28. The summed E-state index contributed by atoms with van der Waals surface area (Å²) < 4.78 is 18.3. The first-order chi connectivity index (χ1) is 13.7. The maximum atomic E-state index is 14.4. The standard InChI is InChI=1S/C22H22FN5/c1-27-12-11-24-22(27)21(19-9-5-6-10-20(19)23)25-13-18-14-26-28(16-18)15-17-7-3-2-4-8-17/h2-12,14,16,21,25H,13,15H2,1H3/t21-/m1/s1. The van der Waals surface area contributed by atoms with E-state index >= 15 is 0 Å². The number of hydrogen-bond donors (Lipinski definition) is 1. The molecule has 2 aromatic heterocycles. The molecule has 0 bridgehead atoms. The zero-order valence-corrected chi connectivity index (χ0v) is 15.7. The number of imidazole rings is 1. The van der Waals surface area contributed by atoms with E-state index in [0.29, 0.717) is 12.1 Å². The Labute approximate surface area is 163 Å². The van der Waals surface area contributed by atoms with Crippen molar-refractivity contribution >= 4 is 0 Å². The molecule has 0 radical (unpaired) electrons. The molecule has 0 aliphatic rings. The molecule has 0 aliphatic carbocycles. The Kier molecular flexibility index (Phi) is 5.30. The topological polar surface area (TPSA) is 47.7 Å². The molecule has 28 heavy (non-hydrogen) atoms. The Balaban J connectivity index is 1.51. The third-order valence-corrected chi connectivity index (χ3v) is 4.72. The number of halogens is 1. The summed E-state index contributed by atoms with van der Waals surface area (Å²) >= 11 is 0. The van der Waals surface area contributed by atoms with E-state index in [9.17, 15) is 4.39 Å². The third-order valence-electron chi connectivity index (χ3n) is 4.72. The van der Waals surface area contributed by atoms with Crippen LogP contribution in [0.5, 0.6) is 0 Å². The Morgan fingerprint density at radius 1 is 1.04 bits per heavy atom. The summed E-state index contributed by atoms with van der Waals surface area (Å²) in [6, 6.07) is 16.7. The maximum absolute atomic E-state index is 14.4. The second-order valence-corrected chi connectivity index (χ2v) is 6.76. The average molecular weight is 375 g/mol. The molecule has 0 spiro atoms.